The molecule has 0 aliphatic carbocycles. The molecule has 0 heterocycles. The molecule has 6 nitrogen and oxygen atoms in total. The summed E-state index contributed by atoms with van der Waals surface area (Å²) in [5, 5.41) is 2.92. The van der Waals surface area contributed by atoms with E-state index in [9.17, 15) is 9.59 Å². The summed E-state index contributed by atoms with van der Waals surface area (Å²) in [6.45, 7) is 7.92. The van der Waals surface area contributed by atoms with Crippen LogP contribution < -0.4 is 15.0 Å². The first-order chi connectivity index (χ1) is 13.5. The summed E-state index contributed by atoms with van der Waals surface area (Å²) < 4.78 is 9.91. The van der Waals surface area contributed by atoms with Gasteiger partial charge in [0.25, 0.3) is 5.91 Å². The number of nitrogens with one attached hydrogen (secondary N) is 1. The van der Waals surface area contributed by atoms with E-state index in [0.717, 1.165) is 30.8 Å². The van der Waals surface area contributed by atoms with E-state index in [-0.39, 0.29) is 12.5 Å². The number of hydrogen-bond donors (Lipinski definition) is 1. The summed E-state index contributed by atoms with van der Waals surface area (Å²) in [5.41, 5.74) is 3.25. The molecule has 28 heavy (non-hydrogen) atoms. The van der Waals surface area contributed by atoms with Gasteiger partial charge in [0.05, 0.1) is 7.11 Å². The lowest BCUT2D eigenvalue weighted by Crippen LogP contribution is -2.23. The standard InChI is InChI=1S/C22H28N2O4/c1-5-13-24(6-2)18-9-7-17(8-10-18)22(26)23-20-12-11-19(14-16(20)3)28-15-21(25)27-4/h7-12,14H,5-6,13,15H2,1-4H3,(H,23,26). The van der Waals surface area contributed by atoms with Crippen LogP contribution in [0.15, 0.2) is 42.5 Å². The highest BCUT2D eigenvalue weighted by Crippen LogP contribution is 2.23. The van der Waals surface area contributed by atoms with Gasteiger partial charge in [-0.15, -0.1) is 0 Å². The minimum absolute atomic E-state index is 0.152. The molecule has 1 amide bonds. The predicted molar refractivity (Wildman–Crippen MR) is 111 cm³/mol. The minimum Gasteiger partial charge on any atom is -0.482 e. The van der Waals surface area contributed by atoms with Crippen molar-refractivity contribution in [3.63, 3.8) is 0 Å². The van der Waals surface area contributed by atoms with Gasteiger partial charge in [-0.1, -0.05) is 6.92 Å². The molecule has 0 aliphatic rings. The van der Waals surface area contributed by atoms with Gasteiger partial charge in [0, 0.05) is 30.0 Å². The Morgan fingerprint density at radius 1 is 1.07 bits per heavy atom. The van der Waals surface area contributed by atoms with E-state index in [2.05, 4.69) is 28.8 Å². The number of hydrogen-bond acceptors (Lipinski definition) is 5. The van der Waals surface area contributed by atoms with Crippen LogP contribution in [-0.4, -0.2) is 38.7 Å². The topological polar surface area (TPSA) is 67.9 Å². The van der Waals surface area contributed by atoms with E-state index in [1.165, 1.54) is 7.11 Å². The van der Waals surface area contributed by atoms with E-state index < -0.39 is 5.97 Å². The molecule has 0 spiro atoms. The van der Waals surface area contributed by atoms with Gasteiger partial charge in [0.1, 0.15) is 5.75 Å². The first kappa shape index (κ1) is 21.3. The van der Waals surface area contributed by atoms with E-state index in [1.807, 2.05) is 31.2 Å². The Hall–Kier alpha value is -3.02. The van der Waals surface area contributed by atoms with Crippen LogP contribution in [0.1, 0.15) is 36.2 Å². The highest BCUT2D eigenvalue weighted by Gasteiger charge is 2.10. The average molecular weight is 384 g/mol. The van der Waals surface area contributed by atoms with E-state index >= 15 is 0 Å². The van der Waals surface area contributed by atoms with Gasteiger partial charge in [-0.2, -0.15) is 0 Å². The molecule has 0 saturated carbocycles. The number of benzene rings is 2. The zero-order chi connectivity index (χ0) is 20.5. The fourth-order valence-electron chi connectivity index (χ4n) is 2.83. The first-order valence-corrected chi connectivity index (χ1v) is 9.45. The molecule has 0 aromatic heterocycles. The van der Waals surface area contributed by atoms with Gasteiger partial charge in [0.15, 0.2) is 6.61 Å². The van der Waals surface area contributed by atoms with Crippen molar-refractivity contribution in [2.75, 3.05) is 37.0 Å². The van der Waals surface area contributed by atoms with Crippen molar-refractivity contribution in [2.24, 2.45) is 0 Å². The fraction of sp³-hybridized carbons (Fsp3) is 0.364. The number of aryl methyl sites for hydroxylation is 1. The minimum atomic E-state index is -0.445. The monoisotopic (exact) mass is 384 g/mol. The fourth-order valence-corrected chi connectivity index (χ4v) is 2.83. The Morgan fingerprint density at radius 3 is 2.36 bits per heavy atom. The summed E-state index contributed by atoms with van der Waals surface area (Å²) in [6.07, 6.45) is 1.08. The lowest BCUT2D eigenvalue weighted by molar-refractivity contribution is -0.142. The van der Waals surface area contributed by atoms with Gasteiger partial charge in [-0.25, -0.2) is 4.79 Å². The van der Waals surface area contributed by atoms with Crippen molar-refractivity contribution in [1.29, 1.82) is 0 Å². The van der Waals surface area contributed by atoms with Crippen LogP contribution in [0.5, 0.6) is 5.75 Å². The van der Waals surface area contributed by atoms with Gasteiger partial charge in [0.2, 0.25) is 0 Å². The van der Waals surface area contributed by atoms with Crippen LogP contribution in [0, 0.1) is 6.92 Å². The summed E-state index contributed by atoms with van der Waals surface area (Å²) in [7, 11) is 1.31. The summed E-state index contributed by atoms with van der Waals surface area (Å²) >= 11 is 0. The number of carbonyl (C=O) groups is 2. The largest absolute Gasteiger partial charge is 0.482 e. The van der Waals surface area contributed by atoms with Crippen LogP contribution in [0.2, 0.25) is 0 Å². The maximum absolute atomic E-state index is 12.6. The summed E-state index contributed by atoms with van der Waals surface area (Å²) in [6, 6.07) is 12.9. The molecule has 0 bridgehead atoms. The smallest absolute Gasteiger partial charge is 0.343 e. The Kier molecular flexibility index (Phi) is 7.87. The zero-order valence-electron chi connectivity index (χ0n) is 17.0. The number of carbonyl (C=O) groups excluding carboxylic acids is 2. The Labute approximate surface area is 166 Å². The van der Waals surface area contributed by atoms with E-state index in [1.54, 1.807) is 18.2 Å². The molecule has 2 aromatic carbocycles. The van der Waals surface area contributed by atoms with Crippen LogP contribution in [-0.2, 0) is 9.53 Å². The maximum atomic E-state index is 12.6. The molecular weight excluding hydrogens is 356 g/mol. The Bertz CT molecular complexity index is 803. The van der Waals surface area contributed by atoms with Crippen molar-refractivity contribution in [3.05, 3.63) is 53.6 Å². The number of anilines is 2. The third-order valence-electron chi connectivity index (χ3n) is 4.40. The van der Waals surface area contributed by atoms with Gasteiger partial charge in [-0.05, 0) is 68.3 Å². The van der Waals surface area contributed by atoms with Crippen LogP contribution in [0.3, 0.4) is 0 Å². The van der Waals surface area contributed by atoms with E-state index in [4.69, 9.17) is 4.74 Å². The molecule has 1 N–H and O–H groups in total. The van der Waals surface area contributed by atoms with Gasteiger partial charge in [-0.3, -0.25) is 4.79 Å². The van der Waals surface area contributed by atoms with Crippen LogP contribution in [0.25, 0.3) is 0 Å². The zero-order valence-corrected chi connectivity index (χ0v) is 17.0. The molecule has 150 valence electrons. The molecule has 0 radical (unpaired) electrons. The molecule has 0 saturated heterocycles. The number of nitrogens with zero attached hydrogens (tertiary/aromatic N) is 1. The van der Waals surface area contributed by atoms with Crippen molar-refractivity contribution >= 4 is 23.3 Å². The normalized spacial score (nSPS) is 10.3. The lowest BCUT2D eigenvalue weighted by Gasteiger charge is -2.22. The quantitative estimate of drug-likeness (QED) is 0.661. The molecule has 2 rings (SSSR count). The molecule has 0 atom stereocenters. The molecule has 6 heteroatoms. The lowest BCUT2D eigenvalue weighted by atomic mass is 10.1. The van der Waals surface area contributed by atoms with Crippen molar-refractivity contribution in [2.45, 2.75) is 27.2 Å². The van der Waals surface area contributed by atoms with E-state index in [0.29, 0.717) is 17.0 Å². The summed E-state index contributed by atoms with van der Waals surface area (Å²) in [4.78, 5) is 26.0. The second kappa shape index (κ2) is 10.3. The number of esters is 1. The number of methoxy groups -OCH3 is 1. The maximum Gasteiger partial charge on any atom is 0.343 e. The molecular formula is C22H28N2O4. The van der Waals surface area contributed by atoms with Crippen LogP contribution in [0.4, 0.5) is 11.4 Å². The average Bonchev–Trinajstić information content (AvgIpc) is 2.72. The highest BCUT2D eigenvalue weighted by molar-refractivity contribution is 6.04. The van der Waals surface area contributed by atoms with Crippen molar-refractivity contribution < 1.29 is 19.1 Å². The van der Waals surface area contributed by atoms with Crippen molar-refractivity contribution in [1.82, 2.24) is 0 Å². The van der Waals surface area contributed by atoms with Gasteiger partial charge < -0.3 is 19.7 Å². The SMILES string of the molecule is CCCN(CC)c1ccc(C(=O)Nc2ccc(OCC(=O)OC)cc2C)cc1. The first-order valence-electron chi connectivity index (χ1n) is 9.45. The Morgan fingerprint density at radius 2 is 1.79 bits per heavy atom. The Balaban J connectivity index is 2.03. The van der Waals surface area contributed by atoms with Gasteiger partial charge >= 0.3 is 5.97 Å². The second-order valence-electron chi connectivity index (χ2n) is 6.42. The molecule has 0 unspecified atom stereocenters. The number of rotatable bonds is 9. The third-order valence-corrected chi connectivity index (χ3v) is 4.40. The highest BCUT2D eigenvalue weighted by atomic mass is 16.6. The molecule has 0 aliphatic heterocycles. The molecule has 2 aromatic rings. The molecule has 0 fully saturated rings. The third kappa shape index (κ3) is 5.74. The summed E-state index contributed by atoms with van der Waals surface area (Å²) in [5.74, 6) is -0.0729. The number of amides is 1. The second-order valence-corrected chi connectivity index (χ2v) is 6.42. The predicted octanol–water partition coefficient (Wildman–Crippen LogP) is 4.04. The number of ether oxygens (including phenoxy) is 2. The van der Waals surface area contributed by atoms with Crippen molar-refractivity contribution in [3.8, 4) is 5.75 Å². The van der Waals surface area contributed by atoms with Crippen LogP contribution >= 0.6 is 0 Å².